The molecule has 4 heteroatoms. The van der Waals surface area contributed by atoms with Crippen molar-refractivity contribution in [2.45, 2.75) is 19.3 Å². The molecule has 1 N–H and O–H groups in total. The smallest absolute Gasteiger partial charge is 0.247 e. The summed E-state index contributed by atoms with van der Waals surface area (Å²) in [6.07, 6.45) is 1.08. The Morgan fingerprint density at radius 3 is 2.76 bits per heavy atom. The average molecular weight is 229 g/mol. The van der Waals surface area contributed by atoms with Gasteiger partial charge in [-0.15, -0.1) is 10.2 Å². The molecule has 0 saturated carbocycles. The van der Waals surface area contributed by atoms with Gasteiger partial charge in [0.25, 0.3) is 0 Å². The zero-order valence-electron chi connectivity index (χ0n) is 9.81. The van der Waals surface area contributed by atoms with E-state index in [1.807, 2.05) is 12.1 Å². The lowest BCUT2D eigenvalue weighted by molar-refractivity contribution is 0.467. The molecule has 4 nitrogen and oxygen atoms in total. The first-order valence-corrected chi connectivity index (χ1v) is 5.94. The number of aryl methyl sites for hydroxylation is 1. The number of rotatable bonds is 2. The van der Waals surface area contributed by atoms with Crippen LogP contribution < -0.4 is 5.32 Å². The fourth-order valence-corrected chi connectivity index (χ4v) is 2.08. The van der Waals surface area contributed by atoms with E-state index < -0.39 is 0 Å². The molecule has 0 aliphatic carbocycles. The third-order valence-electron chi connectivity index (χ3n) is 3.15. The Kier molecular flexibility index (Phi) is 2.65. The second-order valence-corrected chi connectivity index (χ2v) is 4.50. The molecular formula is C13H15N3O. The molecule has 1 unspecified atom stereocenters. The molecule has 3 rings (SSSR count). The number of benzene rings is 1. The van der Waals surface area contributed by atoms with Crippen molar-refractivity contribution in [3.8, 4) is 11.5 Å². The van der Waals surface area contributed by atoms with Crippen LogP contribution in [0.4, 0.5) is 0 Å². The SMILES string of the molecule is Cc1ccc(-c2nnc(C3CCNC3)o2)cc1. The third kappa shape index (κ3) is 2.08. The normalized spacial score (nSPS) is 19.7. The lowest BCUT2D eigenvalue weighted by atomic mass is 10.1. The molecule has 1 aromatic carbocycles. The molecule has 1 aliphatic heterocycles. The van der Waals surface area contributed by atoms with Gasteiger partial charge in [0.2, 0.25) is 11.8 Å². The third-order valence-corrected chi connectivity index (χ3v) is 3.15. The van der Waals surface area contributed by atoms with Crippen molar-refractivity contribution in [2.24, 2.45) is 0 Å². The van der Waals surface area contributed by atoms with E-state index in [9.17, 15) is 0 Å². The Hall–Kier alpha value is -1.68. The second kappa shape index (κ2) is 4.30. The van der Waals surface area contributed by atoms with Gasteiger partial charge in [0.15, 0.2) is 0 Å². The van der Waals surface area contributed by atoms with E-state index in [1.165, 1.54) is 5.56 Å². The van der Waals surface area contributed by atoms with Gasteiger partial charge in [-0.25, -0.2) is 0 Å². The van der Waals surface area contributed by atoms with E-state index in [4.69, 9.17) is 4.42 Å². The number of hydrogen-bond acceptors (Lipinski definition) is 4. The highest BCUT2D eigenvalue weighted by Crippen LogP contribution is 2.25. The fraction of sp³-hybridized carbons (Fsp3) is 0.385. The Morgan fingerprint density at radius 2 is 2.06 bits per heavy atom. The summed E-state index contributed by atoms with van der Waals surface area (Å²) in [6, 6.07) is 8.13. The van der Waals surface area contributed by atoms with Crippen LogP contribution in [0, 0.1) is 6.92 Å². The summed E-state index contributed by atoms with van der Waals surface area (Å²) in [6.45, 7) is 4.04. The summed E-state index contributed by atoms with van der Waals surface area (Å²) in [5.74, 6) is 1.75. The molecule has 2 heterocycles. The Labute approximate surface area is 100 Å². The van der Waals surface area contributed by atoms with E-state index in [0.717, 1.165) is 31.0 Å². The number of aromatic nitrogens is 2. The first kappa shape index (κ1) is 10.5. The minimum atomic E-state index is 0.377. The zero-order chi connectivity index (χ0) is 11.7. The maximum Gasteiger partial charge on any atom is 0.247 e. The van der Waals surface area contributed by atoms with Gasteiger partial charge in [-0.05, 0) is 32.0 Å². The minimum Gasteiger partial charge on any atom is -0.420 e. The molecule has 1 saturated heterocycles. The molecule has 0 radical (unpaired) electrons. The average Bonchev–Trinajstić information content (AvgIpc) is 3.00. The Bertz CT molecular complexity index is 498. The van der Waals surface area contributed by atoms with Gasteiger partial charge in [0.05, 0.1) is 5.92 Å². The van der Waals surface area contributed by atoms with Gasteiger partial charge < -0.3 is 9.73 Å². The highest BCUT2D eigenvalue weighted by molar-refractivity contribution is 5.52. The standard InChI is InChI=1S/C13H15N3O/c1-9-2-4-10(5-3-9)12-15-16-13(17-12)11-6-7-14-8-11/h2-5,11,14H,6-8H2,1H3. The van der Waals surface area contributed by atoms with Crippen LogP contribution >= 0.6 is 0 Å². The topological polar surface area (TPSA) is 51.0 Å². The van der Waals surface area contributed by atoms with E-state index >= 15 is 0 Å². The van der Waals surface area contributed by atoms with Crippen LogP contribution in [0.3, 0.4) is 0 Å². The van der Waals surface area contributed by atoms with Crippen LogP contribution in [0.15, 0.2) is 28.7 Å². The van der Waals surface area contributed by atoms with Crippen molar-refractivity contribution in [2.75, 3.05) is 13.1 Å². The predicted molar refractivity (Wildman–Crippen MR) is 64.7 cm³/mol. The lowest BCUT2D eigenvalue weighted by Gasteiger charge is -2.00. The maximum atomic E-state index is 5.73. The van der Waals surface area contributed by atoms with Gasteiger partial charge in [-0.1, -0.05) is 17.7 Å². The quantitative estimate of drug-likeness (QED) is 0.857. The molecule has 17 heavy (non-hydrogen) atoms. The molecule has 88 valence electrons. The van der Waals surface area contributed by atoms with Crippen molar-refractivity contribution in [3.63, 3.8) is 0 Å². The van der Waals surface area contributed by atoms with Crippen LogP contribution in [0.5, 0.6) is 0 Å². The Balaban J connectivity index is 1.86. The highest BCUT2D eigenvalue weighted by atomic mass is 16.4. The molecule has 2 aromatic rings. The molecule has 1 aromatic heterocycles. The number of hydrogen-bond donors (Lipinski definition) is 1. The summed E-state index contributed by atoms with van der Waals surface area (Å²) >= 11 is 0. The summed E-state index contributed by atoms with van der Waals surface area (Å²) in [4.78, 5) is 0. The summed E-state index contributed by atoms with van der Waals surface area (Å²) in [7, 11) is 0. The van der Waals surface area contributed by atoms with Crippen LogP contribution in [0.2, 0.25) is 0 Å². The van der Waals surface area contributed by atoms with Gasteiger partial charge >= 0.3 is 0 Å². The number of nitrogens with one attached hydrogen (secondary N) is 1. The zero-order valence-corrected chi connectivity index (χ0v) is 9.81. The minimum absolute atomic E-state index is 0.377. The van der Waals surface area contributed by atoms with Gasteiger partial charge in [0, 0.05) is 12.1 Å². The van der Waals surface area contributed by atoms with Crippen LogP contribution in [0.1, 0.15) is 23.8 Å². The van der Waals surface area contributed by atoms with Crippen molar-refractivity contribution < 1.29 is 4.42 Å². The van der Waals surface area contributed by atoms with Gasteiger partial charge in [-0.3, -0.25) is 0 Å². The molecule has 0 bridgehead atoms. The first-order valence-electron chi connectivity index (χ1n) is 5.94. The summed E-state index contributed by atoms with van der Waals surface area (Å²) < 4.78 is 5.73. The monoisotopic (exact) mass is 229 g/mol. The Morgan fingerprint density at radius 1 is 1.24 bits per heavy atom. The van der Waals surface area contributed by atoms with Crippen LogP contribution in [-0.4, -0.2) is 23.3 Å². The maximum absolute atomic E-state index is 5.73. The van der Waals surface area contributed by atoms with E-state index in [1.54, 1.807) is 0 Å². The second-order valence-electron chi connectivity index (χ2n) is 4.50. The lowest BCUT2D eigenvalue weighted by Crippen LogP contribution is -2.08. The largest absolute Gasteiger partial charge is 0.420 e. The van der Waals surface area contributed by atoms with Crippen molar-refractivity contribution in [1.29, 1.82) is 0 Å². The molecule has 1 aliphatic rings. The fourth-order valence-electron chi connectivity index (χ4n) is 2.08. The predicted octanol–water partition coefficient (Wildman–Crippen LogP) is 2.12. The molecule has 0 amide bonds. The van der Waals surface area contributed by atoms with Gasteiger partial charge in [0.1, 0.15) is 0 Å². The van der Waals surface area contributed by atoms with Crippen molar-refractivity contribution in [1.82, 2.24) is 15.5 Å². The van der Waals surface area contributed by atoms with E-state index in [2.05, 4.69) is 34.6 Å². The van der Waals surface area contributed by atoms with E-state index in [-0.39, 0.29) is 0 Å². The summed E-state index contributed by atoms with van der Waals surface area (Å²) in [5.41, 5.74) is 2.22. The number of nitrogens with zero attached hydrogens (tertiary/aromatic N) is 2. The molecular weight excluding hydrogens is 214 g/mol. The van der Waals surface area contributed by atoms with E-state index in [0.29, 0.717) is 11.8 Å². The van der Waals surface area contributed by atoms with Gasteiger partial charge in [-0.2, -0.15) is 0 Å². The van der Waals surface area contributed by atoms with Crippen molar-refractivity contribution in [3.05, 3.63) is 35.7 Å². The highest BCUT2D eigenvalue weighted by Gasteiger charge is 2.22. The first-order chi connectivity index (χ1) is 8.33. The van der Waals surface area contributed by atoms with Crippen LogP contribution in [-0.2, 0) is 0 Å². The van der Waals surface area contributed by atoms with Crippen molar-refractivity contribution >= 4 is 0 Å². The van der Waals surface area contributed by atoms with Crippen LogP contribution in [0.25, 0.3) is 11.5 Å². The molecule has 1 fully saturated rings. The molecule has 1 atom stereocenters. The summed E-state index contributed by atoms with van der Waals surface area (Å²) in [5, 5.41) is 11.6. The molecule has 0 spiro atoms.